The molecule has 2 heterocycles. The van der Waals surface area contributed by atoms with E-state index in [1.165, 1.54) is 7.11 Å². The Morgan fingerprint density at radius 1 is 1.50 bits per heavy atom. The molecule has 10 heteroatoms. The van der Waals surface area contributed by atoms with Crippen LogP contribution >= 0.6 is 8.17 Å². The second-order valence-corrected chi connectivity index (χ2v) is 8.43. The molecule has 9 nitrogen and oxygen atoms in total. The van der Waals surface area contributed by atoms with Crippen molar-refractivity contribution >= 4 is 20.0 Å². The van der Waals surface area contributed by atoms with E-state index in [-0.39, 0.29) is 26.2 Å². The van der Waals surface area contributed by atoms with E-state index in [1.807, 2.05) is 0 Å². The van der Waals surface area contributed by atoms with Gasteiger partial charge in [0.1, 0.15) is 0 Å². The van der Waals surface area contributed by atoms with Gasteiger partial charge in [0.2, 0.25) is 0 Å². The van der Waals surface area contributed by atoms with Crippen molar-refractivity contribution in [2.24, 2.45) is 5.41 Å². The molecular weight excluding hydrogens is 363 g/mol. The number of hydrogen-bond donors (Lipinski definition) is 2. The molecule has 0 radical (unpaired) electrons. The summed E-state index contributed by atoms with van der Waals surface area (Å²) >= 11 is 0. The number of amides is 1. The van der Waals surface area contributed by atoms with Gasteiger partial charge in [0.15, 0.2) is 0 Å². The van der Waals surface area contributed by atoms with Crippen LogP contribution in [0.1, 0.15) is 25.8 Å². The zero-order valence-corrected chi connectivity index (χ0v) is 16.1. The van der Waals surface area contributed by atoms with Crippen molar-refractivity contribution < 1.29 is 32.8 Å². The number of carbonyl (C=O) groups is 2. The van der Waals surface area contributed by atoms with Gasteiger partial charge in [-0.05, 0) is 0 Å². The van der Waals surface area contributed by atoms with Crippen LogP contribution in [0.5, 0.6) is 0 Å². The molecule has 2 N–H and O–H groups in total. The average molecular weight is 388 g/mol. The van der Waals surface area contributed by atoms with Gasteiger partial charge in [-0.3, -0.25) is 0 Å². The third kappa shape index (κ3) is 5.69. The van der Waals surface area contributed by atoms with Crippen LogP contribution in [-0.4, -0.2) is 48.1 Å². The molecule has 0 spiro atoms. The van der Waals surface area contributed by atoms with E-state index < -0.39 is 31.6 Å². The number of nitrogens with one attached hydrogen (secondary N) is 1. The molecule has 146 valence electrons. The summed E-state index contributed by atoms with van der Waals surface area (Å²) in [5.41, 5.74) is 0.0659. The minimum atomic E-state index is -3.98. The Kier molecular flexibility index (Phi) is 7.02. The predicted molar refractivity (Wildman–Crippen MR) is 93.8 cm³/mol. The fourth-order valence-electron chi connectivity index (χ4n) is 2.32. The Hall–Kier alpha value is -1.64. The zero-order chi connectivity index (χ0) is 19.2. The number of nitrogens with zero attached hydrogens (tertiary/aromatic N) is 1. The van der Waals surface area contributed by atoms with E-state index in [1.54, 1.807) is 38.4 Å². The van der Waals surface area contributed by atoms with Crippen molar-refractivity contribution in [2.45, 2.75) is 33.0 Å². The number of esters is 1. The van der Waals surface area contributed by atoms with Gasteiger partial charge >= 0.3 is 152 Å². The second kappa shape index (κ2) is 8.83. The van der Waals surface area contributed by atoms with Crippen LogP contribution in [0.3, 0.4) is 0 Å². The Bertz CT molecular complexity index is 628. The zero-order valence-electron chi connectivity index (χ0n) is 15.1. The first-order valence-electron chi connectivity index (χ1n) is 8.17. The van der Waals surface area contributed by atoms with Gasteiger partial charge in [-0.15, -0.1) is 0 Å². The van der Waals surface area contributed by atoms with E-state index in [4.69, 9.17) is 13.6 Å². The normalized spacial score (nSPS) is 22.2. The molecule has 0 aromatic carbocycles. The van der Waals surface area contributed by atoms with Crippen molar-refractivity contribution in [3.8, 4) is 0 Å². The first-order valence-corrected chi connectivity index (χ1v) is 9.84. The fraction of sp³-hybridized carbons (Fsp3) is 0.562. The molecule has 1 aromatic rings. The molecule has 26 heavy (non-hydrogen) atoms. The van der Waals surface area contributed by atoms with Crippen molar-refractivity contribution in [2.75, 3.05) is 20.3 Å². The van der Waals surface area contributed by atoms with Crippen molar-refractivity contribution in [1.29, 1.82) is 0 Å². The number of rotatable bonds is 7. The number of pyridine rings is 1. The van der Waals surface area contributed by atoms with Crippen LogP contribution in [0.15, 0.2) is 24.5 Å². The summed E-state index contributed by atoms with van der Waals surface area (Å²) in [7, 11) is -2.70. The Morgan fingerprint density at radius 2 is 2.27 bits per heavy atom. The third-order valence-corrected chi connectivity index (χ3v) is 5.39. The average Bonchev–Trinajstić information content (AvgIpc) is 2.63. The summed E-state index contributed by atoms with van der Waals surface area (Å²) in [6.07, 6.45) is 2.30. The first-order chi connectivity index (χ1) is 12.3. The molecule has 1 amide bonds. The van der Waals surface area contributed by atoms with Crippen LogP contribution < -0.4 is 5.32 Å². The van der Waals surface area contributed by atoms with Crippen molar-refractivity contribution in [3.63, 3.8) is 0 Å². The van der Waals surface area contributed by atoms with Crippen LogP contribution in [0, 0.1) is 5.41 Å². The Morgan fingerprint density at radius 3 is 2.92 bits per heavy atom. The maximum atomic E-state index is 12.4. The third-order valence-electron chi connectivity index (χ3n) is 3.84. The minimum absolute atomic E-state index is 0.0467. The summed E-state index contributed by atoms with van der Waals surface area (Å²) in [6, 6.07) is 3.53. The molecule has 1 fully saturated rings. The van der Waals surface area contributed by atoms with E-state index >= 15 is 0 Å². The van der Waals surface area contributed by atoms with Crippen molar-refractivity contribution in [1.82, 2.24) is 10.3 Å². The molecule has 2 rings (SSSR count). The van der Waals surface area contributed by atoms with E-state index in [2.05, 4.69) is 15.0 Å². The topological polar surface area (TPSA) is 116 Å². The molecule has 0 unspecified atom stereocenters. The number of hydrogen-bond acceptors (Lipinski definition) is 8. The number of carbonyl (C=O) groups excluding carboxylic acids is 2. The van der Waals surface area contributed by atoms with Gasteiger partial charge in [0.05, 0.1) is 0 Å². The number of ether oxygens (including phenoxy) is 1. The summed E-state index contributed by atoms with van der Waals surface area (Å²) in [5.74, 6) is -0.874. The Labute approximate surface area is 152 Å². The predicted octanol–water partition coefficient (Wildman–Crippen LogP) is 1.12. The summed E-state index contributed by atoms with van der Waals surface area (Å²) in [4.78, 5) is 38.1. The number of methoxy groups -OCH3 is 1. The monoisotopic (exact) mass is 388 g/mol. The fourth-order valence-corrected chi connectivity index (χ4v) is 4.17. The molecule has 1 aliphatic heterocycles. The van der Waals surface area contributed by atoms with Gasteiger partial charge in [0.25, 0.3) is 0 Å². The molecule has 1 saturated heterocycles. The SMILES string of the molecule is COC(=O)CCNC(=O)[C@@H]1O[PH](O)(OCc2cccnc2)OCC1(C)C. The van der Waals surface area contributed by atoms with Crippen LogP contribution in [-0.2, 0) is 34.5 Å². The molecule has 0 aliphatic carbocycles. The Balaban J connectivity index is 1.95. The maximum absolute atomic E-state index is 12.4. The number of aromatic nitrogens is 1. The summed E-state index contributed by atoms with van der Waals surface area (Å²) in [5, 5.41) is 2.61. The van der Waals surface area contributed by atoms with E-state index in [9.17, 15) is 14.5 Å². The van der Waals surface area contributed by atoms with Gasteiger partial charge in [0, 0.05) is 0 Å². The van der Waals surface area contributed by atoms with Gasteiger partial charge < -0.3 is 0 Å². The van der Waals surface area contributed by atoms with Gasteiger partial charge in [-0.25, -0.2) is 0 Å². The second-order valence-electron chi connectivity index (χ2n) is 6.57. The van der Waals surface area contributed by atoms with Crippen molar-refractivity contribution in [3.05, 3.63) is 30.1 Å². The van der Waals surface area contributed by atoms with Crippen LogP contribution in [0.4, 0.5) is 0 Å². The first kappa shape index (κ1) is 20.7. The summed E-state index contributed by atoms with van der Waals surface area (Å²) < 4.78 is 20.9. The van der Waals surface area contributed by atoms with Crippen LogP contribution in [0.25, 0.3) is 0 Å². The molecular formula is C16H25N2O7P. The van der Waals surface area contributed by atoms with E-state index in [0.717, 1.165) is 5.56 Å². The molecule has 0 bridgehead atoms. The molecule has 1 aromatic heterocycles. The van der Waals surface area contributed by atoms with Gasteiger partial charge in [-0.1, -0.05) is 0 Å². The quantitative estimate of drug-likeness (QED) is 0.527. The van der Waals surface area contributed by atoms with Gasteiger partial charge in [-0.2, -0.15) is 0 Å². The standard InChI is InChI=1S/C16H25N2O7P/c1-16(2)11-24-26(21,23-10-12-5-4-7-17-9-12)25-14(16)15(20)18-8-6-13(19)22-3/h4-5,7,9,14,21,26H,6,8,10-11H2,1-3H3,(H,18,20)/t14-/m0/s1. The molecule has 1 atom stereocenters. The van der Waals surface area contributed by atoms with Crippen LogP contribution in [0.2, 0.25) is 0 Å². The molecule has 1 aliphatic rings. The van der Waals surface area contributed by atoms with E-state index in [0.29, 0.717) is 0 Å². The summed E-state index contributed by atoms with van der Waals surface area (Å²) in [6.45, 7) is 3.82. The molecule has 0 saturated carbocycles.